The van der Waals surface area contributed by atoms with Gasteiger partial charge in [0.25, 0.3) is 5.78 Å². The van der Waals surface area contributed by atoms with Crippen molar-refractivity contribution in [3.8, 4) is 0 Å². The van der Waals surface area contributed by atoms with E-state index in [0.717, 1.165) is 17.2 Å². The highest BCUT2D eigenvalue weighted by Gasteiger charge is 2.06. The van der Waals surface area contributed by atoms with Crippen molar-refractivity contribution in [2.45, 2.75) is 13.8 Å². The number of hydrogen-bond donors (Lipinski definition) is 1. The smallest absolute Gasteiger partial charge is 0.275 e. The van der Waals surface area contributed by atoms with Crippen molar-refractivity contribution < 1.29 is 0 Å². The Morgan fingerprint density at radius 2 is 2.06 bits per heavy atom. The van der Waals surface area contributed by atoms with Crippen molar-refractivity contribution in [1.82, 2.24) is 25.0 Å². The molecule has 6 heteroatoms. The maximum atomic E-state index is 4.24. The van der Waals surface area contributed by atoms with Gasteiger partial charge in [-0.25, -0.2) is 4.98 Å². The molecule has 0 fully saturated rings. The third-order valence-corrected chi connectivity index (χ3v) is 2.59. The summed E-state index contributed by atoms with van der Waals surface area (Å²) in [6, 6.07) is 10.0. The van der Waals surface area contributed by atoms with Gasteiger partial charge in [-0.1, -0.05) is 17.2 Å². The first-order valence-electron chi connectivity index (χ1n) is 5.62. The number of hydrogen-bond acceptors (Lipinski definition) is 5. The zero-order chi connectivity index (χ0) is 12.5. The van der Waals surface area contributed by atoms with Crippen LogP contribution in [0.15, 0.2) is 30.3 Å². The SMILES string of the molecule is Cc1cccc(Nc2cc(C)nc3nnnn23)c1. The van der Waals surface area contributed by atoms with Crippen LogP contribution in [-0.2, 0) is 0 Å². The van der Waals surface area contributed by atoms with Crippen LogP contribution in [0.1, 0.15) is 11.3 Å². The van der Waals surface area contributed by atoms with E-state index in [4.69, 9.17) is 0 Å². The van der Waals surface area contributed by atoms with Crippen molar-refractivity contribution in [2.75, 3.05) is 5.32 Å². The predicted molar refractivity (Wildman–Crippen MR) is 67.8 cm³/mol. The quantitative estimate of drug-likeness (QED) is 0.740. The molecule has 0 saturated heterocycles. The molecule has 0 amide bonds. The van der Waals surface area contributed by atoms with E-state index in [1.54, 1.807) is 4.52 Å². The molecule has 2 heterocycles. The molecular formula is C12H12N6. The van der Waals surface area contributed by atoms with E-state index in [1.165, 1.54) is 5.56 Å². The molecule has 6 nitrogen and oxygen atoms in total. The van der Waals surface area contributed by atoms with Gasteiger partial charge < -0.3 is 5.32 Å². The number of aromatic nitrogens is 5. The molecule has 0 unspecified atom stereocenters. The van der Waals surface area contributed by atoms with Crippen LogP contribution >= 0.6 is 0 Å². The Bertz CT molecular complexity index is 703. The van der Waals surface area contributed by atoms with Gasteiger partial charge in [0.15, 0.2) is 0 Å². The maximum Gasteiger partial charge on any atom is 0.275 e. The third kappa shape index (κ3) is 1.88. The zero-order valence-electron chi connectivity index (χ0n) is 10.1. The molecule has 1 aromatic carbocycles. The Labute approximate surface area is 104 Å². The lowest BCUT2D eigenvalue weighted by Gasteiger charge is -2.08. The molecule has 0 spiro atoms. The molecule has 18 heavy (non-hydrogen) atoms. The van der Waals surface area contributed by atoms with Crippen molar-refractivity contribution >= 4 is 17.3 Å². The normalized spacial score (nSPS) is 10.8. The first-order valence-corrected chi connectivity index (χ1v) is 5.62. The first-order chi connectivity index (χ1) is 8.72. The van der Waals surface area contributed by atoms with Gasteiger partial charge in [-0.15, -0.1) is 0 Å². The molecule has 1 N–H and O–H groups in total. The molecule has 3 aromatic rings. The number of nitrogens with one attached hydrogen (secondary N) is 1. The summed E-state index contributed by atoms with van der Waals surface area (Å²) in [6.07, 6.45) is 0. The summed E-state index contributed by atoms with van der Waals surface area (Å²) in [5.74, 6) is 1.29. The van der Waals surface area contributed by atoms with Crippen LogP contribution < -0.4 is 5.32 Å². The van der Waals surface area contributed by atoms with Gasteiger partial charge in [0.2, 0.25) is 0 Å². The number of benzene rings is 1. The van der Waals surface area contributed by atoms with Gasteiger partial charge >= 0.3 is 0 Å². The highest BCUT2D eigenvalue weighted by atomic mass is 15.5. The number of fused-ring (bicyclic) bond motifs is 1. The highest BCUT2D eigenvalue weighted by Crippen LogP contribution is 2.17. The van der Waals surface area contributed by atoms with Crippen molar-refractivity contribution in [1.29, 1.82) is 0 Å². The minimum Gasteiger partial charge on any atom is -0.340 e. The largest absolute Gasteiger partial charge is 0.340 e. The molecule has 0 saturated carbocycles. The molecule has 90 valence electrons. The van der Waals surface area contributed by atoms with Crippen LogP contribution in [0.4, 0.5) is 11.5 Å². The van der Waals surface area contributed by atoms with E-state index >= 15 is 0 Å². The molecule has 0 aliphatic carbocycles. The Kier molecular flexibility index (Phi) is 2.40. The lowest BCUT2D eigenvalue weighted by atomic mass is 10.2. The second kappa shape index (κ2) is 4.06. The predicted octanol–water partition coefficient (Wildman–Crippen LogP) is 1.88. The topological polar surface area (TPSA) is 68.0 Å². The van der Waals surface area contributed by atoms with Crippen LogP contribution in [0.2, 0.25) is 0 Å². The lowest BCUT2D eigenvalue weighted by molar-refractivity contribution is 0.825. The fourth-order valence-electron chi connectivity index (χ4n) is 1.82. The summed E-state index contributed by atoms with van der Waals surface area (Å²) < 4.78 is 1.58. The summed E-state index contributed by atoms with van der Waals surface area (Å²) in [7, 11) is 0. The number of nitrogens with zero attached hydrogens (tertiary/aromatic N) is 5. The van der Waals surface area contributed by atoms with Gasteiger partial charge in [-0.3, -0.25) is 0 Å². The van der Waals surface area contributed by atoms with Crippen LogP contribution in [0.5, 0.6) is 0 Å². The van der Waals surface area contributed by atoms with Crippen molar-refractivity contribution in [3.05, 3.63) is 41.6 Å². The van der Waals surface area contributed by atoms with Crippen molar-refractivity contribution in [2.24, 2.45) is 0 Å². The van der Waals surface area contributed by atoms with Gasteiger partial charge in [-0.2, -0.15) is 4.52 Å². The third-order valence-electron chi connectivity index (χ3n) is 2.59. The zero-order valence-corrected chi connectivity index (χ0v) is 10.1. The second-order valence-electron chi connectivity index (χ2n) is 4.17. The fourth-order valence-corrected chi connectivity index (χ4v) is 1.82. The molecule has 0 aliphatic rings. The Morgan fingerprint density at radius 1 is 1.17 bits per heavy atom. The average molecular weight is 240 g/mol. The number of anilines is 2. The van der Waals surface area contributed by atoms with E-state index < -0.39 is 0 Å². The monoisotopic (exact) mass is 240 g/mol. The average Bonchev–Trinajstić information content (AvgIpc) is 2.77. The first kappa shape index (κ1) is 10.6. The van der Waals surface area contributed by atoms with Gasteiger partial charge in [0.05, 0.1) is 0 Å². The second-order valence-corrected chi connectivity index (χ2v) is 4.17. The molecule has 3 rings (SSSR count). The van der Waals surface area contributed by atoms with E-state index in [0.29, 0.717) is 5.78 Å². The molecule has 0 atom stereocenters. The standard InChI is InChI=1S/C12H12N6/c1-8-4-3-5-10(6-8)14-11-7-9(2)13-12-15-16-17-18(11)12/h3-7,14H,1-2H3. The Balaban J connectivity index is 2.06. The van der Waals surface area contributed by atoms with Crippen molar-refractivity contribution in [3.63, 3.8) is 0 Å². The summed E-state index contributed by atoms with van der Waals surface area (Å²) in [4.78, 5) is 4.24. The van der Waals surface area contributed by atoms with E-state index in [2.05, 4.69) is 44.9 Å². The van der Waals surface area contributed by atoms with Crippen LogP contribution in [0.25, 0.3) is 5.78 Å². The molecular weight excluding hydrogens is 228 g/mol. The minimum atomic E-state index is 0.491. The Hall–Kier alpha value is -2.50. The number of tetrazole rings is 1. The number of rotatable bonds is 2. The molecule has 0 bridgehead atoms. The Morgan fingerprint density at radius 3 is 2.89 bits per heavy atom. The summed E-state index contributed by atoms with van der Waals surface area (Å²) in [5, 5.41) is 14.7. The summed E-state index contributed by atoms with van der Waals surface area (Å²) >= 11 is 0. The van der Waals surface area contributed by atoms with Crippen LogP contribution in [-0.4, -0.2) is 25.0 Å². The van der Waals surface area contributed by atoms with E-state index in [9.17, 15) is 0 Å². The van der Waals surface area contributed by atoms with Gasteiger partial charge in [-0.05, 0) is 42.0 Å². The van der Waals surface area contributed by atoms with E-state index in [1.807, 2.05) is 25.1 Å². The highest BCUT2D eigenvalue weighted by molar-refractivity contribution is 5.59. The fraction of sp³-hybridized carbons (Fsp3) is 0.167. The molecule has 0 radical (unpaired) electrons. The summed E-state index contributed by atoms with van der Waals surface area (Å²) in [6.45, 7) is 3.96. The van der Waals surface area contributed by atoms with Crippen LogP contribution in [0, 0.1) is 13.8 Å². The van der Waals surface area contributed by atoms with Gasteiger partial charge in [0, 0.05) is 17.4 Å². The molecule has 2 aromatic heterocycles. The van der Waals surface area contributed by atoms with Gasteiger partial charge in [0.1, 0.15) is 5.82 Å². The maximum absolute atomic E-state index is 4.24. The molecule has 0 aliphatic heterocycles. The summed E-state index contributed by atoms with van der Waals surface area (Å²) in [5.41, 5.74) is 3.06. The minimum absolute atomic E-state index is 0.491. The van der Waals surface area contributed by atoms with Crippen LogP contribution in [0.3, 0.4) is 0 Å². The lowest BCUT2D eigenvalue weighted by Crippen LogP contribution is -2.02. The van der Waals surface area contributed by atoms with E-state index in [-0.39, 0.29) is 0 Å². The number of aryl methyl sites for hydroxylation is 2.